The average Bonchev–Trinajstić information content (AvgIpc) is 2.09. The number of allylic oxidation sites excluding steroid dienone is 1. The molecular formula is C9H14O3. The summed E-state index contributed by atoms with van der Waals surface area (Å²) < 4.78 is 4.51. The van der Waals surface area contributed by atoms with E-state index in [0.29, 0.717) is 0 Å². The minimum Gasteiger partial charge on any atom is -0.469 e. The number of aliphatic hydroxyl groups is 1. The van der Waals surface area contributed by atoms with Crippen molar-refractivity contribution in [1.82, 2.24) is 0 Å². The van der Waals surface area contributed by atoms with E-state index in [-0.39, 0.29) is 12.4 Å². The molecule has 0 amide bonds. The fraction of sp³-hybridized carbons (Fsp3) is 0.667. The molecular weight excluding hydrogens is 156 g/mol. The Labute approximate surface area is 72.0 Å². The highest BCUT2D eigenvalue weighted by Crippen LogP contribution is 2.20. The van der Waals surface area contributed by atoms with E-state index in [9.17, 15) is 9.90 Å². The van der Waals surface area contributed by atoms with Crippen LogP contribution in [-0.4, -0.2) is 24.3 Å². The highest BCUT2D eigenvalue weighted by molar-refractivity contribution is 5.72. The van der Waals surface area contributed by atoms with Crippen molar-refractivity contribution in [3.8, 4) is 0 Å². The summed E-state index contributed by atoms with van der Waals surface area (Å²) in [6, 6.07) is 0. The maximum Gasteiger partial charge on any atom is 0.309 e. The highest BCUT2D eigenvalue weighted by Gasteiger charge is 2.17. The topological polar surface area (TPSA) is 46.5 Å². The average molecular weight is 170 g/mol. The lowest BCUT2D eigenvalue weighted by Crippen LogP contribution is -2.17. The van der Waals surface area contributed by atoms with Crippen molar-refractivity contribution in [2.45, 2.75) is 31.8 Å². The minimum atomic E-state index is -0.433. The molecule has 1 N–H and O–H groups in total. The van der Waals surface area contributed by atoms with E-state index >= 15 is 0 Å². The number of rotatable bonds is 2. The monoisotopic (exact) mass is 170 g/mol. The summed E-state index contributed by atoms with van der Waals surface area (Å²) in [5, 5.41) is 9.44. The zero-order valence-corrected chi connectivity index (χ0v) is 7.25. The molecule has 1 atom stereocenters. The Balaban J connectivity index is 2.49. The second kappa shape index (κ2) is 4.26. The van der Waals surface area contributed by atoms with Crippen LogP contribution in [0, 0.1) is 0 Å². The first-order valence-corrected chi connectivity index (χ1v) is 4.18. The molecule has 0 aliphatic heterocycles. The van der Waals surface area contributed by atoms with E-state index in [1.807, 2.05) is 6.08 Å². The van der Waals surface area contributed by atoms with Gasteiger partial charge in [0.05, 0.1) is 19.6 Å². The largest absolute Gasteiger partial charge is 0.469 e. The Morgan fingerprint density at radius 3 is 3.17 bits per heavy atom. The molecule has 3 heteroatoms. The molecule has 0 aromatic heterocycles. The van der Waals surface area contributed by atoms with E-state index in [2.05, 4.69) is 4.74 Å². The molecule has 3 nitrogen and oxygen atoms in total. The third kappa shape index (κ3) is 2.34. The minimum absolute atomic E-state index is 0.234. The zero-order valence-electron chi connectivity index (χ0n) is 7.25. The van der Waals surface area contributed by atoms with Crippen LogP contribution >= 0.6 is 0 Å². The molecule has 1 aliphatic rings. The number of esters is 1. The number of carbonyl (C=O) groups excluding carboxylic acids is 1. The number of hydrogen-bond acceptors (Lipinski definition) is 3. The standard InChI is InChI=1S/C9H14O3/c1-12-9(11)6-7-4-2-3-5-8(7)10/h4,8,10H,2-3,5-6H2,1H3/t8-/m0/s1. The van der Waals surface area contributed by atoms with Gasteiger partial charge in [-0.1, -0.05) is 6.08 Å². The van der Waals surface area contributed by atoms with E-state index in [1.165, 1.54) is 7.11 Å². The predicted octanol–water partition coefficient (Wildman–Crippen LogP) is 1.02. The first kappa shape index (κ1) is 9.26. The molecule has 68 valence electrons. The quantitative estimate of drug-likeness (QED) is 0.497. The van der Waals surface area contributed by atoms with Gasteiger partial charge in [-0.25, -0.2) is 0 Å². The SMILES string of the molecule is COC(=O)CC1=CCCC[C@@H]1O. The molecule has 0 saturated carbocycles. The summed E-state index contributed by atoms with van der Waals surface area (Å²) in [7, 11) is 1.36. The molecule has 1 rings (SSSR count). The maximum atomic E-state index is 10.9. The molecule has 0 aromatic rings. The van der Waals surface area contributed by atoms with Crippen LogP contribution in [0.1, 0.15) is 25.7 Å². The molecule has 0 radical (unpaired) electrons. The molecule has 1 aliphatic carbocycles. The Morgan fingerprint density at radius 2 is 2.58 bits per heavy atom. The number of carbonyl (C=O) groups is 1. The fourth-order valence-electron chi connectivity index (χ4n) is 1.35. The van der Waals surface area contributed by atoms with Crippen LogP contribution in [0.2, 0.25) is 0 Å². The van der Waals surface area contributed by atoms with Crippen LogP contribution in [0.3, 0.4) is 0 Å². The van der Waals surface area contributed by atoms with Crippen LogP contribution < -0.4 is 0 Å². The van der Waals surface area contributed by atoms with Gasteiger partial charge in [-0.15, -0.1) is 0 Å². The Hall–Kier alpha value is -0.830. The van der Waals surface area contributed by atoms with Gasteiger partial charge in [0.15, 0.2) is 0 Å². The van der Waals surface area contributed by atoms with Crippen LogP contribution in [-0.2, 0) is 9.53 Å². The lowest BCUT2D eigenvalue weighted by Gasteiger charge is -2.18. The van der Waals surface area contributed by atoms with E-state index < -0.39 is 6.10 Å². The lowest BCUT2D eigenvalue weighted by molar-refractivity contribution is -0.140. The van der Waals surface area contributed by atoms with Gasteiger partial charge in [-0.05, 0) is 24.8 Å². The molecule has 0 unspecified atom stereocenters. The van der Waals surface area contributed by atoms with Crippen molar-refractivity contribution in [3.63, 3.8) is 0 Å². The summed E-state index contributed by atoms with van der Waals surface area (Å²) in [6.45, 7) is 0. The van der Waals surface area contributed by atoms with Crippen molar-refractivity contribution in [2.75, 3.05) is 7.11 Å². The molecule has 0 aromatic carbocycles. The summed E-state index contributed by atoms with van der Waals surface area (Å²) in [5.74, 6) is -0.276. The van der Waals surface area contributed by atoms with Gasteiger partial charge in [0.25, 0.3) is 0 Å². The summed E-state index contributed by atoms with van der Waals surface area (Å²) in [5.41, 5.74) is 0.813. The van der Waals surface area contributed by atoms with Gasteiger partial charge in [-0.3, -0.25) is 4.79 Å². The Kier molecular flexibility index (Phi) is 3.29. The van der Waals surface area contributed by atoms with Crippen LogP contribution in [0.15, 0.2) is 11.6 Å². The first-order valence-electron chi connectivity index (χ1n) is 4.18. The molecule has 0 saturated heterocycles. The zero-order chi connectivity index (χ0) is 8.97. The van der Waals surface area contributed by atoms with E-state index in [1.54, 1.807) is 0 Å². The smallest absolute Gasteiger partial charge is 0.309 e. The van der Waals surface area contributed by atoms with Crippen LogP contribution in [0.5, 0.6) is 0 Å². The summed E-state index contributed by atoms with van der Waals surface area (Å²) in [4.78, 5) is 10.9. The molecule has 12 heavy (non-hydrogen) atoms. The predicted molar refractivity (Wildman–Crippen MR) is 44.6 cm³/mol. The van der Waals surface area contributed by atoms with Gasteiger partial charge >= 0.3 is 5.97 Å². The van der Waals surface area contributed by atoms with Crippen LogP contribution in [0.4, 0.5) is 0 Å². The number of hydrogen-bond donors (Lipinski definition) is 1. The van der Waals surface area contributed by atoms with Gasteiger partial charge in [0.1, 0.15) is 0 Å². The van der Waals surface area contributed by atoms with E-state index in [0.717, 1.165) is 24.8 Å². The molecule has 0 spiro atoms. The van der Waals surface area contributed by atoms with Crippen molar-refractivity contribution >= 4 is 5.97 Å². The van der Waals surface area contributed by atoms with E-state index in [4.69, 9.17) is 0 Å². The highest BCUT2D eigenvalue weighted by atomic mass is 16.5. The van der Waals surface area contributed by atoms with Gasteiger partial charge in [0, 0.05) is 0 Å². The molecule has 0 bridgehead atoms. The maximum absolute atomic E-state index is 10.9. The van der Waals surface area contributed by atoms with Crippen molar-refractivity contribution in [3.05, 3.63) is 11.6 Å². The molecule has 0 heterocycles. The number of methoxy groups -OCH3 is 1. The van der Waals surface area contributed by atoms with Crippen LogP contribution in [0.25, 0.3) is 0 Å². The second-order valence-electron chi connectivity index (χ2n) is 2.98. The third-order valence-corrected chi connectivity index (χ3v) is 2.09. The first-order chi connectivity index (χ1) is 5.74. The van der Waals surface area contributed by atoms with Gasteiger partial charge < -0.3 is 9.84 Å². The van der Waals surface area contributed by atoms with Gasteiger partial charge in [0.2, 0.25) is 0 Å². The van der Waals surface area contributed by atoms with Crippen molar-refractivity contribution < 1.29 is 14.6 Å². The fourth-order valence-corrected chi connectivity index (χ4v) is 1.35. The number of ether oxygens (including phenoxy) is 1. The third-order valence-electron chi connectivity index (χ3n) is 2.09. The Morgan fingerprint density at radius 1 is 1.83 bits per heavy atom. The van der Waals surface area contributed by atoms with Crippen molar-refractivity contribution in [2.24, 2.45) is 0 Å². The Bertz CT molecular complexity index is 196. The summed E-state index contributed by atoms with van der Waals surface area (Å²) >= 11 is 0. The van der Waals surface area contributed by atoms with Gasteiger partial charge in [-0.2, -0.15) is 0 Å². The van der Waals surface area contributed by atoms with Crippen molar-refractivity contribution in [1.29, 1.82) is 0 Å². The second-order valence-corrected chi connectivity index (χ2v) is 2.98. The number of aliphatic hydroxyl groups excluding tert-OH is 1. The summed E-state index contributed by atoms with van der Waals surface area (Å²) in [6.07, 6.45) is 4.47. The molecule has 0 fully saturated rings. The lowest BCUT2D eigenvalue weighted by atomic mass is 9.94. The normalized spacial score (nSPS) is 23.2.